The molecule has 0 aromatic rings. The van der Waals surface area contributed by atoms with Crippen LogP contribution < -0.4 is 0 Å². The molecule has 1 aliphatic rings. The molecule has 1 unspecified atom stereocenters. The molecule has 4 heteroatoms. The van der Waals surface area contributed by atoms with Gasteiger partial charge in [0.25, 0.3) is 0 Å². The highest BCUT2D eigenvalue weighted by Crippen LogP contribution is 2.06. The van der Waals surface area contributed by atoms with Crippen LogP contribution in [0.4, 0.5) is 0 Å². The largest absolute Gasteiger partial charge is 0.412 e. The number of hydrogen-bond donors (Lipinski definition) is 1. The quantitative estimate of drug-likeness (QED) is 0.485. The molecule has 0 aliphatic carbocycles. The molecule has 10 heavy (non-hydrogen) atoms. The maximum Gasteiger partial charge on any atom is 0.0599 e. The summed E-state index contributed by atoms with van der Waals surface area (Å²) in [6.07, 6.45) is 0. The van der Waals surface area contributed by atoms with Crippen molar-refractivity contribution >= 4 is 0 Å². The fraction of sp³-hybridized carbons (Fsp3) is 1.00. The summed E-state index contributed by atoms with van der Waals surface area (Å²) in [5.74, 6) is 0. The van der Waals surface area contributed by atoms with Gasteiger partial charge in [0.1, 0.15) is 0 Å². The van der Waals surface area contributed by atoms with E-state index in [2.05, 4.69) is 16.8 Å². The summed E-state index contributed by atoms with van der Waals surface area (Å²) in [5, 5.41) is 8.79. The monoisotopic (exact) mass is 148 g/mol. The van der Waals surface area contributed by atoms with Gasteiger partial charge >= 0.3 is 0 Å². The first-order valence-corrected chi connectivity index (χ1v) is 3.23. The van der Waals surface area contributed by atoms with Gasteiger partial charge in [-0.05, 0) is 14.1 Å². The predicted molar refractivity (Wildman–Crippen MR) is 39.7 cm³/mol. The molecule has 1 atom stereocenters. The Hall–Kier alpha value is -0.160. The second-order valence-electron chi connectivity index (χ2n) is 2.77. The van der Waals surface area contributed by atoms with E-state index in [0.29, 0.717) is 6.04 Å². The standard InChI is InChI=1S/C6H14N2O.H2O/c1-7-3-6(4-9)8(2)5-7;/h6,9H,3-5H2,1-2H3;1H2. The fourth-order valence-corrected chi connectivity index (χ4v) is 1.25. The molecule has 1 fully saturated rings. The smallest absolute Gasteiger partial charge is 0.0599 e. The molecular weight excluding hydrogens is 132 g/mol. The van der Waals surface area contributed by atoms with Gasteiger partial charge < -0.3 is 10.6 Å². The van der Waals surface area contributed by atoms with E-state index in [1.54, 1.807) is 0 Å². The van der Waals surface area contributed by atoms with E-state index in [1.807, 2.05) is 7.05 Å². The Kier molecular flexibility index (Phi) is 3.81. The Morgan fingerprint density at radius 1 is 1.50 bits per heavy atom. The first kappa shape index (κ1) is 9.84. The van der Waals surface area contributed by atoms with Crippen LogP contribution in [0.5, 0.6) is 0 Å². The van der Waals surface area contributed by atoms with Gasteiger partial charge in [-0.1, -0.05) is 0 Å². The second kappa shape index (κ2) is 3.88. The van der Waals surface area contributed by atoms with Gasteiger partial charge in [0.05, 0.1) is 13.3 Å². The van der Waals surface area contributed by atoms with Crippen molar-refractivity contribution in [2.24, 2.45) is 0 Å². The van der Waals surface area contributed by atoms with Crippen LogP contribution in [0.25, 0.3) is 0 Å². The fourth-order valence-electron chi connectivity index (χ4n) is 1.25. The van der Waals surface area contributed by atoms with Crippen molar-refractivity contribution in [3.63, 3.8) is 0 Å². The number of rotatable bonds is 1. The summed E-state index contributed by atoms with van der Waals surface area (Å²) < 4.78 is 0. The Morgan fingerprint density at radius 2 is 2.10 bits per heavy atom. The molecule has 1 rings (SSSR count). The third-order valence-electron chi connectivity index (χ3n) is 1.82. The summed E-state index contributed by atoms with van der Waals surface area (Å²) >= 11 is 0. The van der Waals surface area contributed by atoms with Crippen LogP contribution in [0.15, 0.2) is 0 Å². The summed E-state index contributed by atoms with van der Waals surface area (Å²) in [5.41, 5.74) is 0. The molecule has 0 radical (unpaired) electrons. The van der Waals surface area contributed by atoms with Crippen molar-refractivity contribution in [3.05, 3.63) is 0 Å². The van der Waals surface area contributed by atoms with Crippen molar-refractivity contribution in [1.82, 2.24) is 9.80 Å². The van der Waals surface area contributed by atoms with Crippen LogP contribution in [0.1, 0.15) is 0 Å². The lowest BCUT2D eigenvalue weighted by atomic mass is 10.3. The topological polar surface area (TPSA) is 58.2 Å². The highest BCUT2D eigenvalue weighted by atomic mass is 16.3. The van der Waals surface area contributed by atoms with E-state index in [4.69, 9.17) is 5.11 Å². The van der Waals surface area contributed by atoms with Crippen LogP contribution in [-0.4, -0.2) is 60.3 Å². The minimum Gasteiger partial charge on any atom is -0.412 e. The van der Waals surface area contributed by atoms with Crippen molar-refractivity contribution < 1.29 is 10.6 Å². The molecule has 62 valence electrons. The van der Waals surface area contributed by atoms with Crippen LogP contribution in [-0.2, 0) is 0 Å². The van der Waals surface area contributed by atoms with Gasteiger partial charge in [0.2, 0.25) is 0 Å². The lowest BCUT2D eigenvalue weighted by Gasteiger charge is -2.13. The van der Waals surface area contributed by atoms with Gasteiger partial charge in [-0.3, -0.25) is 9.80 Å². The highest BCUT2D eigenvalue weighted by molar-refractivity contribution is 4.76. The molecule has 1 saturated heterocycles. The zero-order valence-corrected chi connectivity index (χ0v) is 6.54. The van der Waals surface area contributed by atoms with Crippen LogP contribution in [0.2, 0.25) is 0 Å². The average molecular weight is 148 g/mol. The van der Waals surface area contributed by atoms with Gasteiger partial charge in [-0.25, -0.2) is 0 Å². The van der Waals surface area contributed by atoms with E-state index in [0.717, 1.165) is 13.2 Å². The van der Waals surface area contributed by atoms with E-state index < -0.39 is 0 Å². The first-order valence-electron chi connectivity index (χ1n) is 3.23. The van der Waals surface area contributed by atoms with Gasteiger partial charge in [-0.2, -0.15) is 0 Å². The summed E-state index contributed by atoms with van der Waals surface area (Å²) in [4.78, 5) is 4.35. The Bertz CT molecular complexity index is 99.7. The third kappa shape index (κ3) is 1.91. The van der Waals surface area contributed by atoms with E-state index in [1.165, 1.54) is 0 Å². The molecule has 1 aliphatic heterocycles. The number of hydrogen-bond acceptors (Lipinski definition) is 3. The second-order valence-corrected chi connectivity index (χ2v) is 2.77. The van der Waals surface area contributed by atoms with E-state index >= 15 is 0 Å². The minimum absolute atomic E-state index is 0. The van der Waals surface area contributed by atoms with Crippen LogP contribution in [0, 0.1) is 0 Å². The van der Waals surface area contributed by atoms with Gasteiger partial charge in [-0.15, -0.1) is 0 Å². The maximum atomic E-state index is 8.79. The van der Waals surface area contributed by atoms with Crippen molar-refractivity contribution in [3.8, 4) is 0 Å². The summed E-state index contributed by atoms with van der Waals surface area (Å²) in [7, 11) is 4.09. The normalized spacial score (nSPS) is 28.5. The average Bonchev–Trinajstić information content (AvgIpc) is 2.10. The summed E-state index contributed by atoms with van der Waals surface area (Å²) in [6, 6.07) is 0.356. The molecule has 0 aromatic carbocycles. The van der Waals surface area contributed by atoms with Crippen molar-refractivity contribution in [2.45, 2.75) is 6.04 Å². The molecule has 1 heterocycles. The lowest BCUT2D eigenvalue weighted by Crippen LogP contribution is -2.29. The predicted octanol–water partition coefficient (Wildman–Crippen LogP) is -1.64. The Morgan fingerprint density at radius 3 is 2.30 bits per heavy atom. The lowest BCUT2D eigenvalue weighted by molar-refractivity contribution is 0.187. The maximum absolute atomic E-state index is 8.79. The molecule has 0 aromatic heterocycles. The zero-order chi connectivity index (χ0) is 6.85. The SMILES string of the molecule is CN1CC(CO)N(C)C1.O. The number of aliphatic hydroxyl groups excluding tert-OH is 1. The zero-order valence-electron chi connectivity index (χ0n) is 6.54. The molecule has 4 nitrogen and oxygen atoms in total. The Balaban J connectivity index is 0.000000810. The van der Waals surface area contributed by atoms with Crippen LogP contribution >= 0.6 is 0 Å². The van der Waals surface area contributed by atoms with Gasteiger partial charge in [0.15, 0.2) is 0 Å². The number of likely N-dealkylation sites (N-methyl/N-ethyl adjacent to an activating group) is 2. The molecule has 0 bridgehead atoms. The van der Waals surface area contributed by atoms with E-state index in [9.17, 15) is 0 Å². The third-order valence-corrected chi connectivity index (χ3v) is 1.82. The molecule has 3 N–H and O–H groups in total. The van der Waals surface area contributed by atoms with Crippen molar-refractivity contribution in [1.29, 1.82) is 0 Å². The van der Waals surface area contributed by atoms with Gasteiger partial charge in [0, 0.05) is 12.6 Å². The first-order chi connectivity index (χ1) is 4.24. The molecule has 0 amide bonds. The highest BCUT2D eigenvalue weighted by Gasteiger charge is 2.23. The number of aliphatic hydroxyl groups is 1. The molecule has 0 spiro atoms. The molecular formula is C6H16N2O2. The Labute approximate surface area is 61.4 Å². The number of nitrogens with zero attached hydrogens (tertiary/aromatic N) is 2. The van der Waals surface area contributed by atoms with Crippen molar-refractivity contribution in [2.75, 3.05) is 33.9 Å². The molecule has 0 saturated carbocycles. The van der Waals surface area contributed by atoms with Crippen LogP contribution in [0.3, 0.4) is 0 Å². The summed E-state index contributed by atoms with van der Waals surface area (Å²) in [6.45, 7) is 2.25. The van der Waals surface area contributed by atoms with E-state index in [-0.39, 0.29) is 12.1 Å². The minimum atomic E-state index is 0.